The predicted octanol–water partition coefficient (Wildman–Crippen LogP) is 5.73. The molecule has 0 fully saturated rings. The van der Waals surface area contributed by atoms with Gasteiger partial charge in [0, 0.05) is 15.6 Å². The van der Waals surface area contributed by atoms with Crippen molar-refractivity contribution in [1.82, 2.24) is 0 Å². The molecule has 1 N–H and O–H groups in total. The topological polar surface area (TPSA) is 58.6 Å². The quantitative estimate of drug-likeness (QED) is 0.466. The zero-order valence-corrected chi connectivity index (χ0v) is 18.2. The van der Waals surface area contributed by atoms with E-state index in [0.29, 0.717) is 27.9 Å². The highest BCUT2D eigenvalue weighted by Crippen LogP contribution is 2.38. The molecule has 0 saturated carbocycles. The molecule has 0 unspecified atom stereocenters. The summed E-state index contributed by atoms with van der Waals surface area (Å²) in [4.78, 5) is 28.9. The number of amides is 2. The second-order valence-corrected chi connectivity index (χ2v) is 8.15. The van der Waals surface area contributed by atoms with Crippen molar-refractivity contribution in [3.05, 3.63) is 94.5 Å². The minimum absolute atomic E-state index is 0.225. The van der Waals surface area contributed by atoms with Gasteiger partial charge in [0.25, 0.3) is 11.8 Å². The molecule has 1 aliphatic heterocycles. The number of carbonyl (C=O) groups excluding carboxylic acids is 2. The first-order chi connectivity index (χ1) is 15.1. The van der Waals surface area contributed by atoms with E-state index >= 15 is 0 Å². The Kier molecular flexibility index (Phi) is 6.30. The first kappa shape index (κ1) is 21.0. The Morgan fingerprint density at radius 2 is 1.68 bits per heavy atom. The van der Waals surface area contributed by atoms with Crippen LogP contribution in [0.1, 0.15) is 6.92 Å². The molecule has 4 rings (SSSR count). The lowest BCUT2D eigenvalue weighted by Gasteiger charge is -2.15. The molecule has 0 spiro atoms. The number of rotatable bonds is 7. The summed E-state index contributed by atoms with van der Waals surface area (Å²) >= 11 is 7.35. The van der Waals surface area contributed by atoms with E-state index in [4.69, 9.17) is 16.3 Å². The predicted molar refractivity (Wildman–Crippen MR) is 125 cm³/mol. The first-order valence-corrected chi connectivity index (χ1v) is 10.9. The average Bonchev–Trinajstić information content (AvgIpc) is 3.00. The maximum atomic E-state index is 13.3. The Bertz CT molecular complexity index is 1150. The lowest BCUT2D eigenvalue weighted by molar-refractivity contribution is -0.120. The van der Waals surface area contributed by atoms with E-state index in [1.807, 2.05) is 61.5 Å². The molecule has 156 valence electrons. The van der Waals surface area contributed by atoms with Gasteiger partial charge in [-0.2, -0.15) is 0 Å². The third-order valence-corrected chi connectivity index (χ3v) is 5.83. The Morgan fingerprint density at radius 3 is 2.35 bits per heavy atom. The SMILES string of the molecule is CCOc1ccc(NC2=C(Sc3ccccc3)C(=O)N(c3cccc(Cl)c3)C2=O)cc1. The second kappa shape index (κ2) is 9.29. The highest BCUT2D eigenvalue weighted by atomic mass is 35.5. The molecule has 7 heteroatoms. The zero-order valence-electron chi connectivity index (χ0n) is 16.7. The summed E-state index contributed by atoms with van der Waals surface area (Å²) in [6.45, 7) is 2.48. The molecule has 1 aliphatic rings. The monoisotopic (exact) mass is 450 g/mol. The normalized spacial score (nSPS) is 13.7. The number of imide groups is 1. The summed E-state index contributed by atoms with van der Waals surface area (Å²) in [5.74, 6) is -0.0931. The smallest absolute Gasteiger partial charge is 0.283 e. The number of anilines is 2. The van der Waals surface area contributed by atoms with Gasteiger partial charge in [-0.25, -0.2) is 4.90 Å². The average molecular weight is 451 g/mol. The number of carbonyl (C=O) groups is 2. The lowest BCUT2D eigenvalue weighted by Crippen LogP contribution is -2.32. The molecule has 0 saturated heterocycles. The largest absolute Gasteiger partial charge is 0.494 e. The molecule has 3 aromatic carbocycles. The van der Waals surface area contributed by atoms with Crippen LogP contribution in [-0.4, -0.2) is 18.4 Å². The van der Waals surface area contributed by atoms with Gasteiger partial charge in [-0.3, -0.25) is 9.59 Å². The summed E-state index contributed by atoms with van der Waals surface area (Å²) in [6.07, 6.45) is 0. The van der Waals surface area contributed by atoms with Crippen molar-refractivity contribution in [2.45, 2.75) is 11.8 Å². The number of nitrogens with one attached hydrogen (secondary N) is 1. The van der Waals surface area contributed by atoms with Gasteiger partial charge in [0.2, 0.25) is 0 Å². The van der Waals surface area contributed by atoms with Gasteiger partial charge in [-0.1, -0.05) is 47.6 Å². The van der Waals surface area contributed by atoms with Crippen molar-refractivity contribution in [3.63, 3.8) is 0 Å². The fourth-order valence-electron chi connectivity index (χ4n) is 3.12. The third kappa shape index (κ3) is 4.60. The summed E-state index contributed by atoms with van der Waals surface area (Å²) < 4.78 is 5.47. The van der Waals surface area contributed by atoms with Crippen LogP contribution in [0.25, 0.3) is 0 Å². The maximum absolute atomic E-state index is 13.3. The van der Waals surface area contributed by atoms with E-state index in [0.717, 1.165) is 15.5 Å². The van der Waals surface area contributed by atoms with Crippen molar-refractivity contribution >= 4 is 46.6 Å². The van der Waals surface area contributed by atoms with Crippen molar-refractivity contribution < 1.29 is 14.3 Å². The molecule has 5 nitrogen and oxygen atoms in total. The van der Waals surface area contributed by atoms with Crippen molar-refractivity contribution in [1.29, 1.82) is 0 Å². The molecule has 1 heterocycles. The van der Waals surface area contributed by atoms with Crippen LogP contribution >= 0.6 is 23.4 Å². The van der Waals surface area contributed by atoms with E-state index in [1.165, 1.54) is 11.8 Å². The molecule has 0 atom stereocenters. The van der Waals surface area contributed by atoms with Crippen LogP contribution in [0, 0.1) is 0 Å². The number of nitrogens with zero attached hydrogens (tertiary/aromatic N) is 1. The van der Waals surface area contributed by atoms with Crippen LogP contribution in [-0.2, 0) is 9.59 Å². The molecule has 0 bridgehead atoms. The van der Waals surface area contributed by atoms with Crippen LogP contribution in [0.2, 0.25) is 5.02 Å². The van der Waals surface area contributed by atoms with Crippen molar-refractivity contribution in [2.75, 3.05) is 16.8 Å². The lowest BCUT2D eigenvalue weighted by atomic mass is 10.2. The highest BCUT2D eigenvalue weighted by molar-refractivity contribution is 8.04. The van der Waals surface area contributed by atoms with E-state index in [-0.39, 0.29) is 5.70 Å². The fourth-order valence-corrected chi connectivity index (χ4v) is 4.25. The van der Waals surface area contributed by atoms with Gasteiger partial charge < -0.3 is 10.1 Å². The minimum Gasteiger partial charge on any atom is -0.494 e. The van der Waals surface area contributed by atoms with Crippen LogP contribution in [0.15, 0.2) is 94.4 Å². The summed E-state index contributed by atoms with van der Waals surface area (Å²) in [7, 11) is 0. The van der Waals surface area contributed by atoms with Crippen molar-refractivity contribution in [3.8, 4) is 5.75 Å². The van der Waals surface area contributed by atoms with Gasteiger partial charge in [0.1, 0.15) is 16.4 Å². The standard InChI is InChI=1S/C24H19ClN2O3S/c1-2-30-19-13-11-17(12-14-19)26-21-22(31-20-9-4-3-5-10-20)24(29)27(23(21)28)18-8-6-7-16(25)15-18/h3-15,26H,2H2,1H3. The van der Waals surface area contributed by atoms with Crippen LogP contribution in [0.4, 0.5) is 11.4 Å². The molecule has 0 aromatic heterocycles. The first-order valence-electron chi connectivity index (χ1n) is 9.68. The van der Waals surface area contributed by atoms with Gasteiger partial charge >= 0.3 is 0 Å². The maximum Gasteiger partial charge on any atom is 0.283 e. The zero-order chi connectivity index (χ0) is 21.8. The fraction of sp³-hybridized carbons (Fsp3) is 0.0833. The number of ether oxygens (including phenoxy) is 1. The van der Waals surface area contributed by atoms with E-state index in [2.05, 4.69) is 5.32 Å². The van der Waals surface area contributed by atoms with Gasteiger partial charge in [-0.05, 0) is 61.5 Å². The Hall–Kier alpha value is -3.22. The van der Waals surface area contributed by atoms with Gasteiger partial charge in [0.15, 0.2) is 0 Å². The molecular weight excluding hydrogens is 432 g/mol. The number of hydrogen-bond acceptors (Lipinski definition) is 5. The summed E-state index contributed by atoms with van der Waals surface area (Å²) in [6, 6.07) is 23.4. The van der Waals surface area contributed by atoms with Crippen LogP contribution < -0.4 is 15.0 Å². The molecular formula is C24H19ClN2O3S. The van der Waals surface area contributed by atoms with E-state index in [1.54, 1.807) is 24.3 Å². The summed E-state index contributed by atoms with van der Waals surface area (Å²) in [5, 5.41) is 3.58. The molecule has 31 heavy (non-hydrogen) atoms. The molecule has 0 radical (unpaired) electrons. The number of hydrogen-bond donors (Lipinski definition) is 1. The number of benzene rings is 3. The number of thioether (sulfide) groups is 1. The van der Waals surface area contributed by atoms with Gasteiger partial charge in [0.05, 0.1) is 12.3 Å². The third-order valence-electron chi connectivity index (χ3n) is 4.51. The second-order valence-electron chi connectivity index (χ2n) is 6.63. The van der Waals surface area contributed by atoms with Crippen molar-refractivity contribution in [2.24, 2.45) is 0 Å². The van der Waals surface area contributed by atoms with E-state index in [9.17, 15) is 9.59 Å². The van der Waals surface area contributed by atoms with Gasteiger partial charge in [-0.15, -0.1) is 0 Å². The van der Waals surface area contributed by atoms with Crippen LogP contribution in [0.5, 0.6) is 5.75 Å². The molecule has 0 aliphatic carbocycles. The number of halogens is 1. The Morgan fingerprint density at radius 1 is 0.935 bits per heavy atom. The summed E-state index contributed by atoms with van der Waals surface area (Å²) in [5.41, 5.74) is 1.33. The van der Waals surface area contributed by atoms with E-state index < -0.39 is 11.8 Å². The minimum atomic E-state index is -0.431. The molecule has 2 amide bonds. The Balaban J connectivity index is 1.70. The Labute approximate surface area is 189 Å². The molecule has 3 aromatic rings. The van der Waals surface area contributed by atoms with Crippen LogP contribution in [0.3, 0.4) is 0 Å². The highest BCUT2D eigenvalue weighted by Gasteiger charge is 2.40.